The molecule has 5 N–H and O–H groups in total. The third kappa shape index (κ3) is 4.65. The predicted octanol–water partition coefficient (Wildman–Crippen LogP) is 11.1. The highest BCUT2D eigenvalue weighted by Gasteiger charge is 2.26. The van der Waals surface area contributed by atoms with Crippen molar-refractivity contribution in [2.24, 2.45) is 11.5 Å². The maximum atomic E-state index is 6.77. The van der Waals surface area contributed by atoms with Crippen LogP contribution in [0.2, 0.25) is 0 Å². The number of allylic oxidation sites excluding steroid dienone is 1. The lowest BCUT2D eigenvalue weighted by atomic mass is 9.86. The summed E-state index contributed by atoms with van der Waals surface area (Å²) in [5.41, 5.74) is 22.7. The first-order chi connectivity index (χ1) is 24.6. The zero-order valence-electron chi connectivity index (χ0n) is 27.1. The molecular weight excluding hydrogens is 635 g/mol. The lowest BCUT2D eigenvalue weighted by Crippen LogP contribution is -2.36. The highest BCUT2D eigenvalue weighted by atomic mass is 32.1. The van der Waals surface area contributed by atoms with Crippen LogP contribution in [0.1, 0.15) is 52.7 Å². The number of furan rings is 2. The molecule has 0 saturated carbocycles. The van der Waals surface area contributed by atoms with Crippen molar-refractivity contribution in [3.05, 3.63) is 161 Å². The fourth-order valence-electron chi connectivity index (χ4n) is 7.76. The van der Waals surface area contributed by atoms with Gasteiger partial charge in [0, 0.05) is 53.4 Å². The van der Waals surface area contributed by atoms with E-state index in [0.717, 1.165) is 67.3 Å². The van der Waals surface area contributed by atoms with Crippen molar-refractivity contribution < 1.29 is 8.83 Å². The SMILES string of the molecule is NC(NC(N)c1cccc2c1sc1c(-c3ccc4c5c(oc4c3)C(c3ccc4c(c3)oc3ccccc34)CC=C5)cccc12)c1ccccc1. The summed E-state index contributed by atoms with van der Waals surface area (Å²) < 4.78 is 15.4. The molecule has 6 heteroatoms. The summed E-state index contributed by atoms with van der Waals surface area (Å²) in [6.07, 6.45) is 4.55. The largest absolute Gasteiger partial charge is 0.460 e. The van der Waals surface area contributed by atoms with Crippen LogP contribution in [0.15, 0.2) is 142 Å². The summed E-state index contributed by atoms with van der Waals surface area (Å²) in [7, 11) is 0. The van der Waals surface area contributed by atoms with E-state index in [0.29, 0.717) is 0 Å². The van der Waals surface area contributed by atoms with Crippen LogP contribution in [-0.2, 0) is 0 Å². The van der Waals surface area contributed by atoms with E-state index < -0.39 is 6.17 Å². The second-order valence-electron chi connectivity index (χ2n) is 13.2. The Bertz CT molecular complexity index is 2770. The summed E-state index contributed by atoms with van der Waals surface area (Å²) >= 11 is 1.78. The Morgan fingerprint density at radius 1 is 0.620 bits per heavy atom. The van der Waals surface area contributed by atoms with Crippen molar-refractivity contribution in [1.29, 1.82) is 0 Å². The molecule has 0 saturated heterocycles. The minimum atomic E-state index is -0.426. The van der Waals surface area contributed by atoms with Gasteiger partial charge < -0.3 is 20.3 Å². The van der Waals surface area contributed by atoms with Crippen LogP contribution in [0.5, 0.6) is 0 Å². The van der Waals surface area contributed by atoms with Gasteiger partial charge in [-0.25, -0.2) is 0 Å². The first-order valence-corrected chi connectivity index (χ1v) is 17.8. The Balaban J connectivity index is 1.03. The first-order valence-electron chi connectivity index (χ1n) is 17.0. The topological polar surface area (TPSA) is 90.3 Å². The Kier molecular flexibility index (Phi) is 6.79. The second kappa shape index (κ2) is 11.5. The highest BCUT2D eigenvalue weighted by Crippen LogP contribution is 2.45. The average molecular weight is 668 g/mol. The number of benzene rings is 6. The second-order valence-corrected chi connectivity index (χ2v) is 14.2. The first kappa shape index (κ1) is 29.4. The predicted molar refractivity (Wildman–Crippen MR) is 207 cm³/mol. The van der Waals surface area contributed by atoms with Gasteiger partial charge in [0.1, 0.15) is 22.5 Å². The molecule has 0 bridgehead atoms. The zero-order chi connectivity index (χ0) is 33.3. The summed E-state index contributed by atoms with van der Waals surface area (Å²) in [4.78, 5) is 0. The third-order valence-electron chi connectivity index (χ3n) is 10.3. The fraction of sp³-hybridized carbons (Fsp3) is 0.0909. The van der Waals surface area contributed by atoms with Crippen LogP contribution in [0.3, 0.4) is 0 Å². The molecule has 0 fully saturated rings. The quantitative estimate of drug-likeness (QED) is 0.154. The van der Waals surface area contributed by atoms with Crippen LogP contribution in [0.25, 0.3) is 70.3 Å². The van der Waals surface area contributed by atoms with Crippen LogP contribution in [-0.4, -0.2) is 0 Å². The molecule has 5 nitrogen and oxygen atoms in total. The molecular formula is C44H33N3O2S. The normalized spacial score (nSPS) is 15.8. The number of thiophene rings is 1. The van der Waals surface area contributed by atoms with Gasteiger partial charge >= 0.3 is 0 Å². The molecule has 6 aromatic carbocycles. The van der Waals surface area contributed by atoms with E-state index in [1.54, 1.807) is 11.3 Å². The van der Waals surface area contributed by atoms with Gasteiger partial charge in [-0.15, -0.1) is 11.3 Å². The lowest BCUT2D eigenvalue weighted by molar-refractivity contribution is 0.466. The van der Waals surface area contributed by atoms with Crippen molar-refractivity contribution in [2.75, 3.05) is 0 Å². The average Bonchev–Trinajstić information content (AvgIpc) is 3.85. The molecule has 0 spiro atoms. The van der Waals surface area contributed by atoms with E-state index in [2.05, 4.69) is 102 Å². The molecule has 10 rings (SSSR count). The molecule has 3 aromatic heterocycles. The summed E-state index contributed by atoms with van der Waals surface area (Å²) in [6.45, 7) is 0. The minimum absolute atomic E-state index is 0.112. The number of nitrogens with two attached hydrogens (primary N) is 2. The van der Waals surface area contributed by atoms with Gasteiger partial charge in [-0.05, 0) is 52.9 Å². The van der Waals surface area contributed by atoms with Gasteiger partial charge in [0.2, 0.25) is 0 Å². The highest BCUT2D eigenvalue weighted by molar-refractivity contribution is 7.26. The van der Waals surface area contributed by atoms with Crippen molar-refractivity contribution >= 4 is 70.5 Å². The Morgan fingerprint density at radius 3 is 2.26 bits per heavy atom. The number of rotatable bonds is 6. The van der Waals surface area contributed by atoms with Gasteiger partial charge in [-0.1, -0.05) is 115 Å². The van der Waals surface area contributed by atoms with Crippen molar-refractivity contribution in [1.82, 2.24) is 5.32 Å². The van der Waals surface area contributed by atoms with Crippen molar-refractivity contribution in [2.45, 2.75) is 24.7 Å². The summed E-state index contributed by atoms with van der Waals surface area (Å²) in [5, 5.41) is 9.23. The molecule has 0 amide bonds. The number of hydrogen-bond donors (Lipinski definition) is 3. The van der Waals surface area contributed by atoms with Gasteiger partial charge in [0.15, 0.2) is 0 Å². The third-order valence-corrected chi connectivity index (χ3v) is 11.6. The molecule has 0 aliphatic heterocycles. The molecule has 50 heavy (non-hydrogen) atoms. The van der Waals surface area contributed by atoms with Gasteiger partial charge in [0.25, 0.3) is 0 Å². The monoisotopic (exact) mass is 667 g/mol. The van der Waals surface area contributed by atoms with Crippen LogP contribution < -0.4 is 16.8 Å². The number of hydrogen-bond acceptors (Lipinski definition) is 6. The minimum Gasteiger partial charge on any atom is -0.460 e. The zero-order valence-corrected chi connectivity index (χ0v) is 27.9. The molecule has 3 heterocycles. The molecule has 242 valence electrons. The van der Waals surface area contributed by atoms with Crippen molar-refractivity contribution in [3.63, 3.8) is 0 Å². The van der Waals surface area contributed by atoms with Crippen molar-refractivity contribution in [3.8, 4) is 11.1 Å². The summed E-state index contributed by atoms with van der Waals surface area (Å²) in [5.74, 6) is 1.12. The Labute approximate surface area is 292 Å². The van der Waals surface area contributed by atoms with E-state index in [-0.39, 0.29) is 12.1 Å². The molecule has 1 aliphatic carbocycles. The van der Waals surface area contributed by atoms with Crippen LogP contribution in [0.4, 0.5) is 0 Å². The molecule has 3 atom stereocenters. The van der Waals surface area contributed by atoms with E-state index in [1.165, 1.54) is 31.3 Å². The maximum Gasteiger partial charge on any atom is 0.135 e. The molecule has 0 radical (unpaired) electrons. The van der Waals surface area contributed by atoms with E-state index in [9.17, 15) is 0 Å². The number of para-hydroxylation sites is 1. The molecule has 9 aromatic rings. The summed E-state index contributed by atoms with van der Waals surface area (Å²) in [6, 6.07) is 44.4. The van der Waals surface area contributed by atoms with Gasteiger partial charge in [-0.3, -0.25) is 5.32 Å². The Hall–Kier alpha value is -5.50. The van der Waals surface area contributed by atoms with E-state index in [1.807, 2.05) is 42.5 Å². The molecule has 3 unspecified atom stereocenters. The fourth-order valence-corrected chi connectivity index (χ4v) is 9.15. The standard InChI is InChI=1S/C44H33N3O2S/c45-43(25-9-2-1-3-10-25)47-44(46)36-17-8-16-35-34-15-7-13-29(41(34)50-42(35)36)27-20-22-32-33-14-6-12-28(40(33)49-39(32)24-27)26-19-21-31-30-11-4-5-18-37(30)48-38(31)23-26/h1-11,13-24,28,43-44,47H,12,45-46H2. The number of fused-ring (bicyclic) bond motifs is 9. The number of nitrogens with one attached hydrogen (secondary N) is 1. The molecule has 1 aliphatic rings. The van der Waals surface area contributed by atoms with Gasteiger partial charge in [0.05, 0.1) is 12.3 Å². The van der Waals surface area contributed by atoms with E-state index >= 15 is 0 Å². The maximum absolute atomic E-state index is 6.77. The van der Waals surface area contributed by atoms with E-state index in [4.69, 9.17) is 20.3 Å². The Morgan fingerprint density at radius 2 is 1.36 bits per heavy atom. The smallest absolute Gasteiger partial charge is 0.135 e. The van der Waals surface area contributed by atoms with Crippen LogP contribution in [0, 0.1) is 0 Å². The lowest BCUT2D eigenvalue weighted by Gasteiger charge is -2.21. The van der Waals surface area contributed by atoms with Gasteiger partial charge in [-0.2, -0.15) is 0 Å². The van der Waals surface area contributed by atoms with Crippen LogP contribution >= 0.6 is 11.3 Å².